The highest BCUT2D eigenvalue weighted by molar-refractivity contribution is 8.01. The van der Waals surface area contributed by atoms with Crippen molar-refractivity contribution in [3.8, 4) is 0 Å². The Morgan fingerprint density at radius 3 is 2.93 bits per heavy atom. The summed E-state index contributed by atoms with van der Waals surface area (Å²) in [5.74, 6) is -0.215. The van der Waals surface area contributed by atoms with E-state index in [9.17, 15) is 9.59 Å². The number of rotatable bonds is 9. The third kappa shape index (κ3) is 7.60. The van der Waals surface area contributed by atoms with E-state index in [-0.39, 0.29) is 24.2 Å². The first-order valence-electron chi connectivity index (χ1n) is 9.18. The Labute approximate surface area is 183 Å². The number of halogens is 1. The number of thioether (sulfide) groups is 1. The van der Waals surface area contributed by atoms with Gasteiger partial charge in [0.2, 0.25) is 11.8 Å². The van der Waals surface area contributed by atoms with Gasteiger partial charge in [-0.1, -0.05) is 35.5 Å². The summed E-state index contributed by atoms with van der Waals surface area (Å²) in [5.41, 5.74) is 7.00. The molecule has 3 rings (SSSR count). The van der Waals surface area contributed by atoms with Crippen molar-refractivity contribution in [2.75, 3.05) is 32.0 Å². The molecule has 1 fully saturated rings. The number of aromatic nitrogens is 1. The van der Waals surface area contributed by atoms with Crippen molar-refractivity contribution in [2.24, 2.45) is 5.73 Å². The summed E-state index contributed by atoms with van der Waals surface area (Å²) >= 11 is 8.69. The fourth-order valence-electron chi connectivity index (χ4n) is 2.92. The number of hydrogen-bond acceptors (Lipinski definition) is 7. The second kappa shape index (κ2) is 10.9. The molecule has 10 heteroatoms. The van der Waals surface area contributed by atoms with Gasteiger partial charge in [-0.15, -0.1) is 11.3 Å². The SMILES string of the molecule is NC(=O)Cc1csc(SCC(=O)NC[C@H]2CN(Cc3ccc(Cl)cc3)CCO2)n1. The van der Waals surface area contributed by atoms with Crippen LogP contribution < -0.4 is 11.1 Å². The van der Waals surface area contributed by atoms with E-state index in [2.05, 4.69) is 15.2 Å². The van der Waals surface area contributed by atoms with Crippen molar-refractivity contribution in [3.63, 3.8) is 0 Å². The quantitative estimate of drug-likeness (QED) is 0.562. The molecule has 0 unspecified atom stereocenters. The highest BCUT2D eigenvalue weighted by Crippen LogP contribution is 2.22. The molecule has 2 amide bonds. The highest BCUT2D eigenvalue weighted by atomic mass is 35.5. The topological polar surface area (TPSA) is 97.5 Å². The van der Waals surface area contributed by atoms with Crippen molar-refractivity contribution in [2.45, 2.75) is 23.4 Å². The Balaban J connectivity index is 1.37. The maximum absolute atomic E-state index is 12.1. The van der Waals surface area contributed by atoms with Crippen molar-refractivity contribution in [1.82, 2.24) is 15.2 Å². The minimum Gasteiger partial charge on any atom is -0.374 e. The van der Waals surface area contributed by atoms with Crippen LogP contribution in [-0.4, -0.2) is 59.8 Å². The molecule has 0 spiro atoms. The van der Waals surface area contributed by atoms with Crippen molar-refractivity contribution < 1.29 is 14.3 Å². The largest absolute Gasteiger partial charge is 0.374 e. The molecule has 1 aliphatic heterocycles. The predicted octanol–water partition coefficient (Wildman–Crippen LogP) is 1.93. The molecule has 1 atom stereocenters. The van der Waals surface area contributed by atoms with E-state index in [1.807, 2.05) is 24.3 Å². The third-order valence-electron chi connectivity index (χ3n) is 4.28. The molecule has 2 heterocycles. The number of nitrogens with two attached hydrogens (primary N) is 1. The summed E-state index contributed by atoms with van der Waals surface area (Å²) in [6.07, 6.45) is 0.0847. The number of nitrogens with one attached hydrogen (secondary N) is 1. The summed E-state index contributed by atoms with van der Waals surface area (Å²) in [7, 11) is 0. The molecule has 156 valence electrons. The summed E-state index contributed by atoms with van der Waals surface area (Å²) in [4.78, 5) is 29.7. The van der Waals surface area contributed by atoms with E-state index in [1.165, 1.54) is 28.7 Å². The number of ether oxygens (including phenoxy) is 1. The average molecular weight is 455 g/mol. The van der Waals surface area contributed by atoms with E-state index in [1.54, 1.807) is 5.38 Å². The van der Waals surface area contributed by atoms with Crippen LogP contribution in [0.15, 0.2) is 34.0 Å². The molecule has 2 aromatic rings. The van der Waals surface area contributed by atoms with Gasteiger partial charge >= 0.3 is 0 Å². The molecule has 7 nitrogen and oxygen atoms in total. The molecular formula is C19H23ClN4O3S2. The molecular weight excluding hydrogens is 432 g/mol. The number of thiazole rings is 1. The number of carbonyl (C=O) groups is 2. The monoisotopic (exact) mass is 454 g/mol. The minimum atomic E-state index is -0.415. The lowest BCUT2D eigenvalue weighted by Gasteiger charge is -2.33. The molecule has 1 aromatic heterocycles. The number of nitrogens with zero attached hydrogens (tertiary/aromatic N) is 2. The van der Waals surface area contributed by atoms with Crippen molar-refractivity contribution >= 4 is 46.5 Å². The van der Waals surface area contributed by atoms with E-state index < -0.39 is 5.91 Å². The molecule has 1 aliphatic rings. The van der Waals surface area contributed by atoms with E-state index in [0.717, 1.165) is 29.0 Å². The van der Waals surface area contributed by atoms with Gasteiger partial charge in [0.15, 0.2) is 4.34 Å². The van der Waals surface area contributed by atoms with Gasteiger partial charge in [-0.05, 0) is 17.7 Å². The zero-order chi connectivity index (χ0) is 20.6. The van der Waals surface area contributed by atoms with Crippen LogP contribution in [-0.2, 0) is 27.3 Å². The fourth-order valence-corrected chi connectivity index (χ4v) is 4.72. The van der Waals surface area contributed by atoms with Gasteiger partial charge in [-0.2, -0.15) is 0 Å². The van der Waals surface area contributed by atoms with Gasteiger partial charge in [0, 0.05) is 36.6 Å². The average Bonchev–Trinajstić information content (AvgIpc) is 3.13. The Kier molecular flexibility index (Phi) is 8.31. The van der Waals surface area contributed by atoms with Crippen LogP contribution in [0.1, 0.15) is 11.3 Å². The number of amides is 2. The molecule has 0 bridgehead atoms. The van der Waals surface area contributed by atoms with Crippen LogP contribution in [0, 0.1) is 0 Å². The Bertz CT molecular complexity index is 831. The van der Waals surface area contributed by atoms with Crippen molar-refractivity contribution in [1.29, 1.82) is 0 Å². The Hall–Kier alpha value is -1.65. The number of hydrogen-bond donors (Lipinski definition) is 2. The molecule has 1 aromatic carbocycles. The predicted molar refractivity (Wildman–Crippen MR) is 115 cm³/mol. The van der Waals surface area contributed by atoms with Crippen LogP contribution >= 0.6 is 34.7 Å². The lowest BCUT2D eigenvalue weighted by atomic mass is 10.2. The normalized spacial score (nSPS) is 17.2. The summed E-state index contributed by atoms with van der Waals surface area (Å²) < 4.78 is 6.53. The first kappa shape index (κ1) is 22.0. The van der Waals surface area contributed by atoms with E-state index >= 15 is 0 Å². The molecule has 3 N–H and O–H groups in total. The molecule has 0 saturated carbocycles. The highest BCUT2D eigenvalue weighted by Gasteiger charge is 2.21. The maximum atomic E-state index is 12.1. The molecule has 1 saturated heterocycles. The van der Waals surface area contributed by atoms with Gasteiger partial charge in [0.1, 0.15) is 0 Å². The van der Waals surface area contributed by atoms with Gasteiger partial charge in [0.25, 0.3) is 0 Å². The van der Waals surface area contributed by atoms with E-state index in [4.69, 9.17) is 22.1 Å². The van der Waals surface area contributed by atoms with E-state index in [0.29, 0.717) is 18.8 Å². The second-order valence-corrected chi connectivity index (χ2v) is 9.21. The van der Waals surface area contributed by atoms with Crippen LogP contribution in [0.25, 0.3) is 0 Å². The summed E-state index contributed by atoms with van der Waals surface area (Å²) in [6.45, 7) is 3.57. The minimum absolute atomic E-state index is 0.0352. The maximum Gasteiger partial charge on any atom is 0.230 e. The van der Waals surface area contributed by atoms with Crippen LogP contribution in [0.4, 0.5) is 0 Å². The first-order chi connectivity index (χ1) is 14.0. The summed E-state index contributed by atoms with van der Waals surface area (Å²) in [5, 5.41) is 5.45. The van der Waals surface area contributed by atoms with Gasteiger partial charge in [-0.25, -0.2) is 4.98 Å². The number of benzene rings is 1. The van der Waals surface area contributed by atoms with Crippen LogP contribution in [0.5, 0.6) is 0 Å². The molecule has 0 radical (unpaired) electrons. The first-order valence-corrected chi connectivity index (χ1v) is 11.4. The van der Waals surface area contributed by atoms with Gasteiger partial charge in [0.05, 0.1) is 30.6 Å². The zero-order valence-electron chi connectivity index (χ0n) is 15.8. The Morgan fingerprint density at radius 1 is 1.38 bits per heavy atom. The van der Waals surface area contributed by atoms with Crippen LogP contribution in [0.2, 0.25) is 5.02 Å². The lowest BCUT2D eigenvalue weighted by molar-refractivity contribution is -0.120. The standard InChI is InChI=1S/C19H23ClN4O3S2/c20-14-3-1-13(2-4-14)9-24-5-6-27-16(10-24)8-22-18(26)12-29-19-23-15(11-28-19)7-17(21)25/h1-4,11,16H,5-10,12H2,(H2,21,25)(H,22,26)/t16-/m0/s1. The molecule has 29 heavy (non-hydrogen) atoms. The Morgan fingerprint density at radius 2 is 2.17 bits per heavy atom. The number of primary amides is 1. The zero-order valence-corrected chi connectivity index (χ0v) is 18.2. The number of morpholine rings is 1. The molecule has 0 aliphatic carbocycles. The van der Waals surface area contributed by atoms with Crippen molar-refractivity contribution in [3.05, 3.63) is 45.9 Å². The summed E-state index contributed by atoms with van der Waals surface area (Å²) in [6, 6.07) is 7.84. The number of carbonyl (C=O) groups excluding carboxylic acids is 2. The smallest absolute Gasteiger partial charge is 0.230 e. The second-order valence-electron chi connectivity index (χ2n) is 6.69. The van der Waals surface area contributed by atoms with Gasteiger partial charge in [-0.3, -0.25) is 14.5 Å². The van der Waals surface area contributed by atoms with Crippen LogP contribution in [0.3, 0.4) is 0 Å². The van der Waals surface area contributed by atoms with Gasteiger partial charge < -0.3 is 15.8 Å². The third-order valence-corrected chi connectivity index (χ3v) is 6.60. The lowest BCUT2D eigenvalue weighted by Crippen LogP contribution is -2.47. The fraction of sp³-hybridized carbons (Fsp3) is 0.421.